The van der Waals surface area contributed by atoms with Gasteiger partial charge in [-0.25, -0.2) is 0 Å². The van der Waals surface area contributed by atoms with Crippen molar-refractivity contribution in [2.24, 2.45) is 5.92 Å². The molecule has 0 spiro atoms. The Morgan fingerprint density at radius 3 is 2.38 bits per heavy atom. The van der Waals surface area contributed by atoms with Gasteiger partial charge in [0.25, 0.3) is 0 Å². The minimum Gasteiger partial charge on any atom is -0.342 e. The molecule has 0 N–H and O–H groups in total. The molecular formula is C19H27NO. The number of rotatable bonds is 2. The number of hydrogen-bond donors (Lipinski definition) is 0. The Kier molecular flexibility index (Phi) is 3.81. The van der Waals surface area contributed by atoms with Crippen LogP contribution in [0.3, 0.4) is 0 Å². The van der Waals surface area contributed by atoms with Gasteiger partial charge < -0.3 is 4.90 Å². The molecule has 1 aromatic carbocycles. The molecule has 21 heavy (non-hydrogen) atoms. The van der Waals surface area contributed by atoms with Crippen LogP contribution in [0.2, 0.25) is 0 Å². The highest BCUT2D eigenvalue weighted by atomic mass is 16.2. The summed E-state index contributed by atoms with van der Waals surface area (Å²) in [6.07, 6.45) is 5.65. The lowest BCUT2D eigenvalue weighted by Crippen LogP contribution is -2.40. The van der Waals surface area contributed by atoms with Crippen LogP contribution in [-0.2, 0) is 10.2 Å². The number of nitrogens with zero attached hydrogens (tertiary/aromatic N) is 1. The molecule has 2 fully saturated rings. The highest BCUT2D eigenvalue weighted by Crippen LogP contribution is 2.50. The van der Waals surface area contributed by atoms with Crippen molar-refractivity contribution in [3.8, 4) is 0 Å². The Hall–Kier alpha value is -1.31. The minimum absolute atomic E-state index is 0.190. The van der Waals surface area contributed by atoms with Crippen molar-refractivity contribution in [2.75, 3.05) is 13.1 Å². The number of amides is 1. The van der Waals surface area contributed by atoms with Crippen LogP contribution in [0, 0.1) is 19.8 Å². The molecule has 1 saturated carbocycles. The van der Waals surface area contributed by atoms with E-state index in [1.807, 2.05) is 0 Å². The molecule has 2 heteroatoms. The maximum atomic E-state index is 13.1. The summed E-state index contributed by atoms with van der Waals surface area (Å²) in [6.45, 7) is 8.47. The van der Waals surface area contributed by atoms with Gasteiger partial charge in [-0.1, -0.05) is 36.2 Å². The number of carbonyl (C=O) groups excluding carboxylic acids is 1. The summed E-state index contributed by atoms with van der Waals surface area (Å²) in [5.74, 6) is 1.15. The number of carbonyl (C=O) groups is 1. The van der Waals surface area contributed by atoms with Crippen molar-refractivity contribution >= 4 is 5.91 Å². The fourth-order valence-electron chi connectivity index (χ4n) is 3.77. The minimum atomic E-state index is -0.190. The lowest BCUT2D eigenvalue weighted by Gasteiger charge is -2.27. The van der Waals surface area contributed by atoms with Gasteiger partial charge in [0, 0.05) is 13.1 Å². The highest BCUT2D eigenvalue weighted by molar-refractivity contribution is 5.91. The van der Waals surface area contributed by atoms with E-state index in [4.69, 9.17) is 0 Å². The molecule has 2 nitrogen and oxygen atoms in total. The van der Waals surface area contributed by atoms with Crippen molar-refractivity contribution in [1.82, 2.24) is 4.90 Å². The first kappa shape index (κ1) is 14.6. The normalized spacial score (nSPS) is 24.5. The fraction of sp³-hybridized carbons (Fsp3) is 0.632. The van der Waals surface area contributed by atoms with Crippen LogP contribution in [0.25, 0.3) is 0 Å². The molecule has 1 aliphatic carbocycles. The topological polar surface area (TPSA) is 20.3 Å². The van der Waals surface area contributed by atoms with Gasteiger partial charge in [-0.2, -0.15) is 0 Å². The lowest BCUT2D eigenvalue weighted by atomic mass is 9.91. The first-order valence-corrected chi connectivity index (χ1v) is 8.39. The molecule has 1 aromatic rings. The van der Waals surface area contributed by atoms with Crippen LogP contribution in [0.4, 0.5) is 0 Å². The van der Waals surface area contributed by atoms with Crippen molar-refractivity contribution in [2.45, 2.75) is 58.3 Å². The molecule has 1 heterocycles. The van der Waals surface area contributed by atoms with E-state index >= 15 is 0 Å². The van der Waals surface area contributed by atoms with E-state index in [1.165, 1.54) is 23.1 Å². The molecule has 1 amide bonds. The molecule has 2 aliphatic rings. The molecule has 1 aliphatic heterocycles. The number of hydrogen-bond acceptors (Lipinski definition) is 1. The molecule has 1 unspecified atom stereocenters. The predicted molar refractivity (Wildman–Crippen MR) is 86.4 cm³/mol. The van der Waals surface area contributed by atoms with E-state index in [0.717, 1.165) is 44.7 Å². The molecule has 0 radical (unpaired) electrons. The van der Waals surface area contributed by atoms with Gasteiger partial charge in [0.05, 0.1) is 5.41 Å². The van der Waals surface area contributed by atoms with Crippen LogP contribution in [0.1, 0.15) is 55.7 Å². The van der Waals surface area contributed by atoms with Crippen molar-refractivity contribution in [3.63, 3.8) is 0 Å². The Bertz CT molecular complexity index is 524. The van der Waals surface area contributed by atoms with Gasteiger partial charge in [-0.3, -0.25) is 4.79 Å². The Labute approximate surface area is 128 Å². The number of aryl methyl sites for hydroxylation is 2. The lowest BCUT2D eigenvalue weighted by molar-refractivity contribution is -0.133. The summed E-state index contributed by atoms with van der Waals surface area (Å²) in [6, 6.07) is 6.63. The van der Waals surface area contributed by atoms with Crippen molar-refractivity contribution < 1.29 is 4.79 Å². The van der Waals surface area contributed by atoms with Gasteiger partial charge >= 0.3 is 0 Å². The average Bonchev–Trinajstić information content (AvgIpc) is 3.22. The van der Waals surface area contributed by atoms with E-state index in [9.17, 15) is 4.79 Å². The quantitative estimate of drug-likeness (QED) is 0.804. The van der Waals surface area contributed by atoms with E-state index < -0.39 is 0 Å². The van der Waals surface area contributed by atoms with Crippen LogP contribution in [-0.4, -0.2) is 23.9 Å². The average molecular weight is 285 g/mol. The Morgan fingerprint density at radius 2 is 1.76 bits per heavy atom. The SMILES string of the molecule is Cc1cc(C)cc(C2(C(=O)N3CCCC(C)CC3)CC2)c1. The largest absolute Gasteiger partial charge is 0.342 e. The highest BCUT2D eigenvalue weighted by Gasteiger charge is 2.53. The van der Waals surface area contributed by atoms with Gasteiger partial charge in [0.15, 0.2) is 0 Å². The van der Waals surface area contributed by atoms with Crippen molar-refractivity contribution in [1.29, 1.82) is 0 Å². The van der Waals surface area contributed by atoms with Crippen LogP contribution in [0.5, 0.6) is 0 Å². The zero-order valence-electron chi connectivity index (χ0n) is 13.6. The van der Waals surface area contributed by atoms with E-state index in [0.29, 0.717) is 5.91 Å². The summed E-state index contributed by atoms with van der Waals surface area (Å²) in [4.78, 5) is 15.2. The van der Waals surface area contributed by atoms with Crippen molar-refractivity contribution in [3.05, 3.63) is 34.9 Å². The van der Waals surface area contributed by atoms with E-state index in [1.54, 1.807) is 0 Å². The van der Waals surface area contributed by atoms with E-state index in [-0.39, 0.29) is 5.41 Å². The maximum Gasteiger partial charge on any atom is 0.233 e. The molecule has 3 rings (SSSR count). The van der Waals surface area contributed by atoms with Gasteiger partial charge in [0.2, 0.25) is 5.91 Å². The summed E-state index contributed by atoms with van der Waals surface area (Å²) in [5.41, 5.74) is 3.61. The van der Waals surface area contributed by atoms with E-state index in [2.05, 4.69) is 43.9 Å². The Morgan fingerprint density at radius 1 is 1.10 bits per heavy atom. The second-order valence-electron chi connectivity index (χ2n) is 7.29. The number of likely N-dealkylation sites (tertiary alicyclic amines) is 1. The second-order valence-corrected chi connectivity index (χ2v) is 7.29. The fourth-order valence-corrected chi connectivity index (χ4v) is 3.77. The smallest absolute Gasteiger partial charge is 0.233 e. The molecular weight excluding hydrogens is 258 g/mol. The third kappa shape index (κ3) is 2.86. The zero-order chi connectivity index (χ0) is 15.0. The van der Waals surface area contributed by atoms with Crippen LogP contribution in [0.15, 0.2) is 18.2 Å². The first-order valence-electron chi connectivity index (χ1n) is 8.39. The van der Waals surface area contributed by atoms with Crippen LogP contribution < -0.4 is 0 Å². The molecule has 0 aromatic heterocycles. The van der Waals surface area contributed by atoms with Gasteiger partial charge in [-0.05, 0) is 57.4 Å². The summed E-state index contributed by atoms with van der Waals surface area (Å²) < 4.78 is 0. The molecule has 114 valence electrons. The molecule has 1 atom stereocenters. The predicted octanol–water partition coefficient (Wildman–Crippen LogP) is 3.98. The third-order valence-corrected chi connectivity index (χ3v) is 5.24. The summed E-state index contributed by atoms with van der Waals surface area (Å²) in [5, 5.41) is 0. The molecule has 1 saturated heterocycles. The zero-order valence-corrected chi connectivity index (χ0v) is 13.6. The van der Waals surface area contributed by atoms with Gasteiger partial charge in [-0.15, -0.1) is 0 Å². The Balaban J connectivity index is 1.83. The second kappa shape index (κ2) is 5.47. The third-order valence-electron chi connectivity index (χ3n) is 5.24. The standard InChI is InChI=1S/C19H27NO/c1-14-5-4-9-20(10-6-14)18(21)19(7-8-19)17-12-15(2)11-16(3)13-17/h11-14H,4-10H2,1-3H3. The maximum absolute atomic E-state index is 13.1. The molecule has 0 bridgehead atoms. The van der Waals surface area contributed by atoms with Crippen LogP contribution >= 0.6 is 0 Å². The van der Waals surface area contributed by atoms with Gasteiger partial charge in [0.1, 0.15) is 0 Å². The summed E-state index contributed by atoms with van der Waals surface area (Å²) >= 11 is 0. The summed E-state index contributed by atoms with van der Waals surface area (Å²) in [7, 11) is 0. The monoisotopic (exact) mass is 285 g/mol. The number of benzene rings is 1. The first-order chi connectivity index (χ1) is 10.0.